The van der Waals surface area contributed by atoms with Gasteiger partial charge in [-0.2, -0.15) is 0 Å². The fourth-order valence-electron chi connectivity index (χ4n) is 8.59. The van der Waals surface area contributed by atoms with E-state index in [1.807, 2.05) is 0 Å². The summed E-state index contributed by atoms with van der Waals surface area (Å²) >= 11 is 1.73. The average Bonchev–Trinajstić information content (AvgIpc) is 3.81. The summed E-state index contributed by atoms with van der Waals surface area (Å²) in [5.74, 6) is 0.933. The molecule has 9 aromatic rings. The molecule has 64 heavy (non-hydrogen) atoms. The number of nitrogens with zero attached hydrogens (tertiary/aromatic N) is 4. The van der Waals surface area contributed by atoms with Gasteiger partial charge in [0.1, 0.15) is 17.9 Å². The van der Waals surface area contributed by atoms with E-state index in [-0.39, 0.29) is 48.5 Å². The largest absolute Gasteiger partial charge is 0.507 e. The molecule has 328 valence electrons. The van der Waals surface area contributed by atoms with E-state index in [1.165, 1.54) is 15.8 Å². The summed E-state index contributed by atoms with van der Waals surface area (Å²) in [6.07, 6.45) is 1.68. The number of aromatic nitrogens is 4. The molecule has 0 radical (unpaired) electrons. The zero-order valence-corrected chi connectivity index (χ0v) is 42.1. The Hall–Kier alpha value is -5.42. The minimum Gasteiger partial charge on any atom is -0.507 e. The molecule has 6 aromatic carbocycles. The van der Waals surface area contributed by atoms with E-state index < -0.39 is 0 Å². The maximum atomic E-state index is 12.5. The van der Waals surface area contributed by atoms with Gasteiger partial charge in [0, 0.05) is 52.7 Å². The van der Waals surface area contributed by atoms with Gasteiger partial charge in [-0.15, -0.1) is 40.7 Å². The number of aromatic hydroxyl groups is 1. The molecule has 0 saturated carbocycles. The molecular weight excluding hydrogens is 984 g/mol. The molecule has 1 N–H and O–H groups in total. The van der Waals surface area contributed by atoms with E-state index in [9.17, 15) is 5.11 Å². The van der Waals surface area contributed by atoms with Crippen LogP contribution in [-0.2, 0) is 42.7 Å². The molecule has 7 heteroatoms. The van der Waals surface area contributed by atoms with Crippen LogP contribution < -0.4 is 0 Å². The van der Waals surface area contributed by atoms with E-state index in [1.54, 1.807) is 17.7 Å². The van der Waals surface area contributed by atoms with Gasteiger partial charge in [0.05, 0.1) is 27.8 Å². The Balaban J connectivity index is 0.00000560. The first-order valence-electron chi connectivity index (χ1n) is 22.0. The molecule has 9 rings (SSSR count). The maximum Gasteiger partial charge on any atom is 0.148 e. The summed E-state index contributed by atoms with van der Waals surface area (Å²) in [4.78, 5) is 15.4. The Morgan fingerprint density at radius 1 is 0.562 bits per heavy atom. The number of hydrogen-bond acceptors (Lipinski definition) is 5. The number of phenolic OH excluding ortho intramolecular Hbond substituents is 1. The molecule has 5 nitrogen and oxygen atoms in total. The third kappa shape index (κ3) is 8.13. The predicted octanol–water partition coefficient (Wildman–Crippen LogP) is 15.5. The standard InChI is InChI=1S/C57H57N4OS.Pt/c1-54(2,3)37-25-26-45(42(30-37)34-19-14-13-15-20-34)61-46-23-18-22-40(49(46)60-53(61)43-31-39(56(7,8)9)32-44(51(43)62)57(10,11)12)35-27-36(29-38(28-35)55(4,5)6)48-52-50(59-33-58-48)41-21-16-17-24-47(41)63-52;/h13-26,28-33,62H,1-12H3;/q-1;. The van der Waals surface area contributed by atoms with Crippen LogP contribution in [0.5, 0.6) is 5.75 Å². The fraction of sp³-hybridized carbons (Fsp3) is 0.281. The zero-order chi connectivity index (χ0) is 44.8. The van der Waals surface area contributed by atoms with Crippen LogP contribution in [0.1, 0.15) is 105 Å². The van der Waals surface area contributed by atoms with Crippen molar-refractivity contribution in [1.29, 1.82) is 0 Å². The van der Waals surface area contributed by atoms with Crippen molar-refractivity contribution >= 4 is 42.7 Å². The van der Waals surface area contributed by atoms with Gasteiger partial charge >= 0.3 is 0 Å². The van der Waals surface area contributed by atoms with Crippen molar-refractivity contribution in [2.24, 2.45) is 0 Å². The number of thiophene rings is 1. The Kier molecular flexibility index (Phi) is 11.4. The Morgan fingerprint density at radius 3 is 1.89 bits per heavy atom. The quantitative estimate of drug-likeness (QED) is 0.175. The fourth-order valence-corrected chi connectivity index (χ4v) is 9.75. The topological polar surface area (TPSA) is 63.8 Å². The molecule has 0 amide bonds. The number of rotatable bonds is 5. The zero-order valence-electron chi connectivity index (χ0n) is 39.0. The van der Waals surface area contributed by atoms with Crippen LogP contribution in [0.15, 0.2) is 122 Å². The molecule has 0 atom stereocenters. The molecule has 0 spiro atoms. The third-order valence-corrected chi connectivity index (χ3v) is 13.5. The van der Waals surface area contributed by atoms with Crippen molar-refractivity contribution in [1.82, 2.24) is 19.5 Å². The monoisotopic (exact) mass is 1040 g/mol. The minimum atomic E-state index is -0.328. The van der Waals surface area contributed by atoms with Crippen molar-refractivity contribution in [3.05, 3.63) is 150 Å². The minimum absolute atomic E-state index is 0. The Labute approximate surface area is 397 Å². The van der Waals surface area contributed by atoms with Crippen LogP contribution in [0.4, 0.5) is 0 Å². The van der Waals surface area contributed by atoms with Gasteiger partial charge in [0.2, 0.25) is 0 Å². The number of hydrogen-bond donors (Lipinski definition) is 1. The molecular formula is C57H57N4OPtS-. The first kappa shape index (κ1) is 45.2. The third-order valence-electron chi connectivity index (χ3n) is 12.3. The van der Waals surface area contributed by atoms with Gasteiger partial charge in [-0.3, -0.25) is 9.55 Å². The van der Waals surface area contributed by atoms with Crippen LogP contribution in [0.25, 0.3) is 81.9 Å². The molecule has 0 aliphatic rings. The Morgan fingerprint density at radius 2 is 1.20 bits per heavy atom. The van der Waals surface area contributed by atoms with Crippen LogP contribution in [0.3, 0.4) is 0 Å². The Bertz CT molecular complexity index is 3220. The first-order valence-corrected chi connectivity index (χ1v) is 22.8. The molecule has 3 heterocycles. The summed E-state index contributed by atoms with van der Waals surface area (Å²) < 4.78 is 4.51. The second-order valence-electron chi connectivity index (χ2n) is 21.2. The van der Waals surface area contributed by atoms with E-state index in [4.69, 9.17) is 15.0 Å². The maximum absolute atomic E-state index is 12.5. The smallest absolute Gasteiger partial charge is 0.148 e. The van der Waals surface area contributed by atoms with Crippen molar-refractivity contribution in [3.8, 4) is 56.3 Å². The van der Waals surface area contributed by atoms with Gasteiger partial charge in [-0.25, -0.2) is 9.97 Å². The first-order chi connectivity index (χ1) is 29.7. The van der Waals surface area contributed by atoms with Gasteiger partial charge in [-0.05, 0) is 68.7 Å². The number of phenols is 1. The summed E-state index contributed by atoms with van der Waals surface area (Å²) in [5, 5.41) is 13.7. The number of imidazole rings is 1. The number of fused-ring (bicyclic) bond motifs is 4. The van der Waals surface area contributed by atoms with E-state index >= 15 is 0 Å². The summed E-state index contributed by atoms with van der Waals surface area (Å²) in [6, 6.07) is 45.1. The van der Waals surface area contributed by atoms with Gasteiger partial charge in [0.25, 0.3) is 0 Å². The van der Waals surface area contributed by atoms with Crippen LogP contribution in [0, 0.1) is 6.07 Å². The summed E-state index contributed by atoms with van der Waals surface area (Å²) in [7, 11) is 0. The SMILES string of the molecule is CC(C)(C)c1cc(-c2cccc3c2nc(-c2cc(C(C)(C)C)cc(C(C)(C)C)c2O)n3-c2ccc(C(C)(C)C)cc2-c2ccccc2)[c-]c(-c2ncnc3c2sc2ccccc23)c1.[Pt]. The van der Waals surface area contributed by atoms with Gasteiger partial charge < -0.3 is 5.11 Å². The van der Waals surface area contributed by atoms with Gasteiger partial charge in [-0.1, -0.05) is 167 Å². The second-order valence-corrected chi connectivity index (χ2v) is 22.2. The van der Waals surface area contributed by atoms with Crippen LogP contribution in [0.2, 0.25) is 0 Å². The molecule has 3 aromatic heterocycles. The molecule has 0 saturated heterocycles. The molecule has 0 unspecified atom stereocenters. The van der Waals surface area contributed by atoms with Crippen molar-refractivity contribution in [2.45, 2.75) is 105 Å². The molecule has 0 bridgehead atoms. The van der Waals surface area contributed by atoms with Crippen LogP contribution in [-0.4, -0.2) is 24.6 Å². The second kappa shape index (κ2) is 16.2. The summed E-state index contributed by atoms with van der Waals surface area (Å²) in [6.45, 7) is 26.7. The van der Waals surface area contributed by atoms with Crippen molar-refractivity contribution in [3.63, 3.8) is 0 Å². The predicted molar refractivity (Wildman–Crippen MR) is 267 cm³/mol. The van der Waals surface area contributed by atoms with Crippen molar-refractivity contribution in [2.75, 3.05) is 0 Å². The molecule has 0 fully saturated rings. The van der Waals surface area contributed by atoms with Crippen LogP contribution >= 0.6 is 11.3 Å². The van der Waals surface area contributed by atoms with Gasteiger partial charge in [0.15, 0.2) is 0 Å². The normalized spacial score (nSPS) is 12.6. The summed E-state index contributed by atoms with van der Waals surface area (Å²) in [5.41, 5.74) is 14.0. The van der Waals surface area contributed by atoms with Crippen molar-refractivity contribution < 1.29 is 26.2 Å². The molecule has 0 aliphatic carbocycles. The van der Waals surface area contributed by atoms with E-state index in [2.05, 4.69) is 209 Å². The van der Waals surface area contributed by atoms with E-state index in [0.29, 0.717) is 11.4 Å². The average molecular weight is 1040 g/mol. The number of para-hydroxylation sites is 1. The van der Waals surface area contributed by atoms with E-state index in [0.717, 1.165) is 77.0 Å². The number of benzene rings is 6. The molecule has 0 aliphatic heterocycles.